The van der Waals surface area contributed by atoms with Gasteiger partial charge in [0, 0.05) is 13.6 Å². The summed E-state index contributed by atoms with van der Waals surface area (Å²) in [5, 5.41) is 27.2. The van der Waals surface area contributed by atoms with Gasteiger partial charge in [-0.2, -0.15) is 0 Å². The lowest BCUT2D eigenvalue weighted by molar-refractivity contribution is -0.383. The van der Waals surface area contributed by atoms with E-state index in [1.807, 2.05) is 0 Å². The van der Waals surface area contributed by atoms with E-state index in [4.69, 9.17) is 0 Å². The zero-order chi connectivity index (χ0) is 13.9. The average Bonchev–Trinajstić information content (AvgIpc) is 2.83. The van der Waals surface area contributed by atoms with Crippen molar-refractivity contribution in [3.63, 3.8) is 0 Å². The van der Waals surface area contributed by atoms with Crippen LogP contribution in [0.15, 0.2) is 18.2 Å². The zero-order valence-corrected chi connectivity index (χ0v) is 11.0. The van der Waals surface area contributed by atoms with Gasteiger partial charge in [-0.15, -0.1) is 0 Å². The second-order valence-electron chi connectivity index (χ2n) is 4.99. The second-order valence-corrected chi connectivity index (χ2v) is 4.99. The van der Waals surface area contributed by atoms with Crippen LogP contribution in [-0.4, -0.2) is 29.2 Å². The molecule has 1 fully saturated rings. The molecule has 19 heavy (non-hydrogen) atoms. The molecule has 0 saturated heterocycles. The molecule has 1 aliphatic rings. The average molecular weight is 265 g/mol. The lowest BCUT2D eigenvalue weighted by atomic mass is 10.0. The SMILES string of the molecule is CNc1cccc(NCC2(O)CCCC2)c1[N+](=O)[O-]. The molecule has 0 heterocycles. The first-order valence-corrected chi connectivity index (χ1v) is 6.47. The van der Waals surface area contributed by atoms with Crippen molar-refractivity contribution in [3.05, 3.63) is 28.3 Å². The highest BCUT2D eigenvalue weighted by atomic mass is 16.6. The molecule has 0 spiro atoms. The Balaban J connectivity index is 2.17. The molecule has 1 saturated carbocycles. The second kappa shape index (κ2) is 5.44. The first-order valence-electron chi connectivity index (χ1n) is 6.47. The van der Waals surface area contributed by atoms with Gasteiger partial charge in [0.1, 0.15) is 11.4 Å². The largest absolute Gasteiger partial charge is 0.388 e. The monoisotopic (exact) mass is 265 g/mol. The minimum absolute atomic E-state index is 0.0200. The normalized spacial score (nSPS) is 17.2. The van der Waals surface area contributed by atoms with Gasteiger partial charge in [0.15, 0.2) is 0 Å². The van der Waals surface area contributed by atoms with Gasteiger partial charge in [-0.1, -0.05) is 18.9 Å². The highest BCUT2D eigenvalue weighted by Gasteiger charge is 2.31. The Hall–Kier alpha value is -1.82. The predicted octanol–water partition coefficient (Wildman–Crippen LogP) is 2.35. The van der Waals surface area contributed by atoms with Crippen LogP contribution in [-0.2, 0) is 0 Å². The summed E-state index contributed by atoms with van der Waals surface area (Å²) in [5.41, 5.74) is 0.195. The predicted molar refractivity (Wildman–Crippen MR) is 74.6 cm³/mol. The maximum atomic E-state index is 11.1. The molecule has 6 nitrogen and oxygen atoms in total. The molecule has 0 amide bonds. The maximum Gasteiger partial charge on any atom is 0.315 e. The van der Waals surface area contributed by atoms with E-state index in [1.54, 1.807) is 25.2 Å². The number of aliphatic hydroxyl groups is 1. The Morgan fingerprint density at radius 1 is 1.37 bits per heavy atom. The van der Waals surface area contributed by atoms with Crippen LogP contribution in [0, 0.1) is 10.1 Å². The van der Waals surface area contributed by atoms with E-state index in [1.165, 1.54) is 0 Å². The number of nitrogens with one attached hydrogen (secondary N) is 2. The summed E-state index contributed by atoms with van der Waals surface area (Å²) in [6, 6.07) is 5.07. The number of hydrogen-bond acceptors (Lipinski definition) is 5. The van der Waals surface area contributed by atoms with Crippen molar-refractivity contribution < 1.29 is 10.0 Å². The van der Waals surface area contributed by atoms with Crippen molar-refractivity contribution in [1.82, 2.24) is 0 Å². The fraction of sp³-hybridized carbons (Fsp3) is 0.538. The number of nitrogens with zero attached hydrogens (tertiary/aromatic N) is 1. The third-order valence-electron chi connectivity index (χ3n) is 3.63. The highest BCUT2D eigenvalue weighted by Crippen LogP contribution is 2.34. The molecule has 2 rings (SSSR count). The Morgan fingerprint density at radius 2 is 2.00 bits per heavy atom. The first-order chi connectivity index (χ1) is 9.06. The smallest absolute Gasteiger partial charge is 0.315 e. The van der Waals surface area contributed by atoms with Gasteiger partial charge >= 0.3 is 5.69 Å². The minimum atomic E-state index is -0.733. The van der Waals surface area contributed by atoms with Crippen LogP contribution in [0.1, 0.15) is 25.7 Å². The van der Waals surface area contributed by atoms with Crippen LogP contribution in [0.4, 0.5) is 17.1 Å². The molecule has 3 N–H and O–H groups in total. The van der Waals surface area contributed by atoms with Gasteiger partial charge in [0.05, 0.1) is 10.5 Å². The summed E-state index contributed by atoms with van der Waals surface area (Å²) >= 11 is 0. The lowest BCUT2D eigenvalue weighted by Gasteiger charge is -2.23. The topological polar surface area (TPSA) is 87.4 Å². The molecular formula is C13H19N3O3. The number of anilines is 2. The number of hydrogen-bond donors (Lipinski definition) is 3. The van der Waals surface area contributed by atoms with E-state index in [9.17, 15) is 15.2 Å². The van der Waals surface area contributed by atoms with Crippen molar-refractivity contribution in [2.45, 2.75) is 31.3 Å². The fourth-order valence-corrected chi connectivity index (χ4v) is 2.55. The third-order valence-corrected chi connectivity index (χ3v) is 3.63. The molecule has 1 aromatic rings. The standard InChI is InChI=1S/C13H19N3O3/c1-14-10-5-4-6-11(12(10)16(18)19)15-9-13(17)7-2-3-8-13/h4-6,14-15,17H,2-3,7-9H2,1H3. The number of nitro groups is 1. The quantitative estimate of drug-likeness (QED) is 0.562. The molecule has 104 valence electrons. The van der Waals surface area contributed by atoms with Crippen LogP contribution in [0.2, 0.25) is 0 Å². The van der Waals surface area contributed by atoms with Crippen molar-refractivity contribution in [2.75, 3.05) is 24.2 Å². The number of rotatable bonds is 5. The van der Waals surface area contributed by atoms with Crippen LogP contribution >= 0.6 is 0 Å². The van der Waals surface area contributed by atoms with Crippen molar-refractivity contribution in [3.8, 4) is 0 Å². The van der Waals surface area contributed by atoms with Crippen molar-refractivity contribution >= 4 is 17.1 Å². The summed E-state index contributed by atoms with van der Waals surface area (Å²) in [4.78, 5) is 10.7. The molecule has 0 radical (unpaired) electrons. The fourth-order valence-electron chi connectivity index (χ4n) is 2.55. The Kier molecular flexibility index (Phi) is 3.90. The number of benzene rings is 1. The van der Waals surface area contributed by atoms with Crippen LogP contribution in [0.3, 0.4) is 0 Å². The van der Waals surface area contributed by atoms with Crippen molar-refractivity contribution in [2.24, 2.45) is 0 Å². The number of para-hydroxylation sites is 1. The molecule has 1 aromatic carbocycles. The Bertz CT molecular complexity index is 470. The van der Waals surface area contributed by atoms with E-state index in [0.29, 0.717) is 17.9 Å². The van der Waals surface area contributed by atoms with Gasteiger partial charge in [0.2, 0.25) is 0 Å². The highest BCUT2D eigenvalue weighted by molar-refractivity contribution is 5.76. The van der Waals surface area contributed by atoms with E-state index in [-0.39, 0.29) is 5.69 Å². The summed E-state index contributed by atoms with van der Waals surface area (Å²) in [5.74, 6) is 0. The van der Waals surface area contributed by atoms with Gasteiger partial charge in [-0.05, 0) is 25.0 Å². The van der Waals surface area contributed by atoms with E-state index in [2.05, 4.69) is 10.6 Å². The Labute approximate surface area is 112 Å². The summed E-state index contributed by atoms with van der Waals surface area (Å²) in [6.45, 7) is 0.348. The summed E-state index contributed by atoms with van der Waals surface area (Å²) in [7, 11) is 1.65. The van der Waals surface area contributed by atoms with Gasteiger partial charge < -0.3 is 15.7 Å². The molecule has 0 atom stereocenters. The van der Waals surface area contributed by atoms with Gasteiger partial charge in [0.25, 0.3) is 0 Å². The third kappa shape index (κ3) is 2.96. The van der Waals surface area contributed by atoms with Gasteiger partial charge in [-0.25, -0.2) is 0 Å². The molecule has 0 unspecified atom stereocenters. The molecule has 1 aliphatic carbocycles. The molecule has 0 aliphatic heterocycles. The summed E-state index contributed by atoms with van der Waals surface area (Å²) in [6.07, 6.45) is 3.52. The first kappa shape index (κ1) is 13.6. The molecule has 0 aromatic heterocycles. The van der Waals surface area contributed by atoms with Gasteiger partial charge in [-0.3, -0.25) is 10.1 Å². The van der Waals surface area contributed by atoms with Crippen LogP contribution in [0.5, 0.6) is 0 Å². The summed E-state index contributed by atoms with van der Waals surface area (Å²) < 4.78 is 0. The lowest BCUT2D eigenvalue weighted by Crippen LogP contribution is -2.33. The maximum absolute atomic E-state index is 11.1. The molecular weight excluding hydrogens is 246 g/mol. The number of nitro benzene ring substituents is 1. The zero-order valence-electron chi connectivity index (χ0n) is 11.0. The van der Waals surface area contributed by atoms with Crippen molar-refractivity contribution in [1.29, 1.82) is 0 Å². The van der Waals surface area contributed by atoms with E-state index >= 15 is 0 Å². The van der Waals surface area contributed by atoms with E-state index in [0.717, 1.165) is 25.7 Å². The minimum Gasteiger partial charge on any atom is -0.388 e. The van der Waals surface area contributed by atoms with E-state index < -0.39 is 10.5 Å². The molecule has 0 bridgehead atoms. The van der Waals surface area contributed by atoms with Crippen LogP contribution < -0.4 is 10.6 Å². The molecule has 6 heteroatoms. The van der Waals surface area contributed by atoms with Crippen LogP contribution in [0.25, 0.3) is 0 Å². The Morgan fingerprint density at radius 3 is 2.58 bits per heavy atom.